The Morgan fingerprint density at radius 2 is 1.80 bits per heavy atom. The molecule has 0 heterocycles. The van der Waals surface area contributed by atoms with Gasteiger partial charge in [0.25, 0.3) is 0 Å². The van der Waals surface area contributed by atoms with Crippen LogP contribution in [-0.2, 0) is 0 Å². The molecule has 2 rings (SSSR count). The lowest BCUT2D eigenvalue weighted by Gasteiger charge is -2.16. The average Bonchev–Trinajstić information content (AvgIpc) is 2.13. The van der Waals surface area contributed by atoms with Crippen LogP contribution >= 0.6 is 0 Å². The molecule has 10 heavy (non-hydrogen) atoms. The summed E-state index contributed by atoms with van der Waals surface area (Å²) in [6.45, 7) is 7.11. The second-order valence-corrected chi connectivity index (χ2v) is 4.31. The summed E-state index contributed by atoms with van der Waals surface area (Å²) >= 11 is 0. The SMILES string of the molecule is C[C@H]1C(=C2CCC2)C1(C)C. The summed E-state index contributed by atoms with van der Waals surface area (Å²) in [5, 5.41) is 0. The van der Waals surface area contributed by atoms with E-state index in [-0.39, 0.29) is 0 Å². The van der Waals surface area contributed by atoms with E-state index >= 15 is 0 Å². The highest BCUT2D eigenvalue weighted by Gasteiger charge is 2.50. The lowest BCUT2D eigenvalue weighted by molar-refractivity contribution is 0.590. The quantitative estimate of drug-likeness (QED) is 0.449. The van der Waals surface area contributed by atoms with Gasteiger partial charge in [-0.1, -0.05) is 31.9 Å². The molecule has 56 valence electrons. The van der Waals surface area contributed by atoms with Crippen LogP contribution in [0, 0.1) is 11.3 Å². The van der Waals surface area contributed by atoms with Gasteiger partial charge in [0.05, 0.1) is 0 Å². The minimum absolute atomic E-state index is 0.579. The Balaban J connectivity index is 2.23. The predicted molar refractivity (Wildman–Crippen MR) is 43.8 cm³/mol. The molecule has 2 saturated carbocycles. The second-order valence-electron chi connectivity index (χ2n) is 4.31. The van der Waals surface area contributed by atoms with Gasteiger partial charge in [-0.2, -0.15) is 0 Å². The number of hydrogen-bond donors (Lipinski definition) is 0. The summed E-state index contributed by atoms with van der Waals surface area (Å²) in [6, 6.07) is 0. The first-order valence-electron chi connectivity index (χ1n) is 4.36. The first kappa shape index (κ1) is 6.45. The van der Waals surface area contributed by atoms with Gasteiger partial charge in [0.1, 0.15) is 0 Å². The average molecular weight is 136 g/mol. The van der Waals surface area contributed by atoms with Crippen molar-refractivity contribution in [3.63, 3.8) is 0 Å². The fourth-order valence-electron chi connectivity index (χ4n) is 2.15. The van der Waals surface area contributed by atoms with Crippen LogP contribution in [0.15, 0.2) is 11.1 Å². The first-order valence-corrected chi connectivity index (χ1v) is 4.36. The molecule has 0 amide bonds. The van der Waals surface area contributed by atoms with Crippen molar-refractivity contribution in [1.29, 1.82) is 0 Å². The fraction of sp³-hybridized carbons (Fsp3) is 0.800. The number of rotatable bonds is 0. The third-order valence-corrected chi connectivity index (χ3v) is 3.46. The summed E-state index contributed by atoms with van der Waals surface area (Å²) < 4.78 is 0. The minimum atomic E-state index is 0.579. The standard InChI is InChI=1S/C10H16/c1-7-9(10(7,2)3)8-5-4-6-8/h7H,4-6H2,1-3H3/t7-/m0/s1. The summed E-state index contributed by atoms with van der Waals surface area (Å²) in [6.07, 6.45) is 4.26. The van der Waals surface area contributed by atoms with Crippen LogP contribution in [0.4, 0.5) is 0 Å². The van der Waals surface area contributed by atoms with Crippen LogP contribution in [0.2, 0.25) is 0 Å². The van der Waals surface area contributed by atoms with Crippen LogP contribution < -0.4 is 0 Å². The van der Waals surface area contributed by atoms with E-state index in [0.717, 1.165) is 5.92 Å². The van der Waals surface area contributed by atoms with Gasteiger partial charge < -0.3 is 0 Å². The van der Waals surface area contributed by atoms with Crippen molar-refractivity contribution < 1.29 is 0 Å². The van der Waals surface area contributed by atoms with Gasteiger partial charge in [-0.3, -0.25) is 0 Å². The van der Waals surface area contributed by atoms with Crippen LogP contribution in [0.5, 0.6) is 0 Å². The second kappa shape index (κ2) is 1.66. The summed E-state index contributed by atoms with van der Waals surface area (Å²) in [4.78, 5) is 0. The van der Waals surface area contributed by atoms with E-state index < -0.39 is 0 Å². The van der Waals surface area contributed by atoms with Gasteiger partial charge in [0, 0.05) is 0 Å². The minimum Gasteiger partial charge on any atom is -0.0701 e. The van der Waals surface area contributed by atoms with Crippen LogP contribution in [0.1, 0.15) is 40.0 Å². The lowest BCUT2D eigenvalue weighted by atomic mass is 9.90. The van der Waals surface area contributed by atoms with Gasteiger partial charge in [0.2, 0.25) is 0 Å². The fourth-order valence-corrected chi connectivity index (χ4v) is 2.15. The zero-order chi connectivity index (χ0) is 7.35. The monoisotopic (exact) mass is 136 g/mol. The number of allylic oxidation sites excluding steroid dienone is 2. The molecule has 1 atom stereocenters. The van der Waals surface area contributed by atoms with Crippen LogP contribution in [-0.4, -0.2) is 0 Å². The molecule has 0 aliphatic heterocycles. The van der Waals surface area contributed by atoms with Crippen molar-refractivity contribution in [3.8, 4) is 0 Å². The molecular weight excluding hydrogens is 120 g/mol. The molecule has 0 N–H and O–H groups in total. The molecule has 0 spiro atoms. The molecule has 0 aromatic rings. The predicted octanol–water partition coefficient (Wildman–Crippen LogP) is 3.14. The zero-order valence-corrected chi connectivity index (χ0v) is 7.20. The normalized spacial score (nSPS) is 35.7. The van der Waals surface area contributed by atoms with E-state index in [9.17, 15) is 0 Å². The van der Waals surface area contributed by atoms with Crippen LogP contribution in [0.25, 0.3) is 0 Å². The van der Waals surface area contributed by atoms with E-state index in [1.807, 2.05) is 0 Å². The Labute approximate surface area is 63.3 Å². The molecule has 0 heteroatoms. The van der Waals surface area contributed by atoms with Crippen molar-refractivity contribution in [2.45, 2.75) is 40.0 Å². The molecule has 0 saturated heterocycles. The molecule has 0 aromatic carbocycles. The van der Waals surface area contributed by atoms with Crippen LogP contribution in [0.3, 0.4) is 0 Å². The molecule has 0 unspecified atom stereocenters. The molecule has 0 aromatic heterocycles. The molecule has 0 radical (unpaired) electrons. The highest BCUT2D eigenvalue weighted by Crippen LogP contribution is 2.61. The van der Waals surface area contributed by atoms with Crippen molar-refractivity contribution in [1.82, 2.24) is 0 Å². The van der Waals surface area contributed by atoms with E-state index in [0.29, 0.717) is 5.41 Å². The van der Waals surface area contributed by atoms with Gasteiger partial charge in [-0.05, 0) is 30.6 Å². The maximum absolute atomic E-state index is 2.37. The summed E-state index contributed by atoms with van der Waals surface area (Å²) in [5.74, 6) is 0.891. The summed E-state index contributed by atoms with van der Waals surface area (Å²) in [7, 11) is 0. The highest BCUT2D eigenvalue weighted by molar-refractivity contribution is 5.41. The Hall–Kier alpha value is -0.260. The van der Waals surface area contributed by atoms with Crippen molar-refractivity contribution in [2.75, 3.05) is 0 Å². The molecule has 2 aliphatic carbocycles. The zero-order valence-electron chi connectivity index (χ0n) is 7.20. The van der Waals surface area contributed by atoms with E-state index in [2.05, 4.69) is 20.8 Å². The smallest absolute Gasteiger partial charge is 0.00759 e. The maximum atomic E-state index is 2.37. The first-order chi connectivity index (χ1) is 4.64. The molecule has 2 aliphatic rings. The van der Waals surface area contributed by atoms with E-state index in [1.165, 1.54) is 19.3 Å². The third-order valence-electron chi connectivity index (χ3n) is 3.46. The van der Waals surface area contributed by atoms with Crippen molar-refractivity contribution in [3.05, 3.63) is 11.1 Å². The summed E-state index contributed by atoms with van der Waals surface area (Å²) in [5.41, 5.74) is 4.16. The Kier molecular flexibility index (Phi) is 1.07. The highest BCUT2D eigenvalue weighted by atomic mass is 14.5. The topological polar surface area (TPSA) is 0 Å². The van der Waals surface area contributed by atoms with Crippen molar-refractivity contribution in [2.24, 2.45) is 11.3 Å². The Bertz CT molecular complexity index is 190. The van der Waals surface area contributed by atoms with E-state index in [1.54, 1.807) is 11.1 Å². The van der Waals surface area contributed by atoms with Gasteiger partial charge in [0.15, 0.2) is 0 Å². The molecule has 2 fully saturated rings. The van der Waals surface area contributed by atoms with E-state index in [4.69, 9.17) is 0 Å². The maximum Gasteiger partial charge on any atom is -0.00759 e. The molecule has 0 nitrogen and oxygen atoms in total. The molecule has 0 bridgehead atoms. The Morgan fingerprint density at radius 1 is 1.30 bits per heavy atom. The van der Waals surface area contributed by atoms with Gasteiger partial charge >= 0.3 is 0 Å². The lowest BCUT2D eigenvalue weighted by Crippen LogP contribution is -1.97. The van der Waals surface area contributed by atoms with Crippen molar-refractivity contribution >= 4 is 0 Å². The number of hydrogen-bond acceptors (Lipinski definition) is 0. The van der Waals surface area contributed by atoms with Gasteiger partial charge in [-0.15, -0.1) is 0 Å². The van der Waals surface area contributed by atoms with Gasteiger partial charge in [-0.25, -0.2) is 0 Å². The Morgan fingerprint density at radius 3 is 1.90 bits per heavy atom. The molecular formula is C10H16. The largest absolute Gasteiger partial charge is 0.0701 e. The third kappa shape index (κ3) is 0.624.